The number of nitro groups is 1. The second-order valence-electron chi connectivity index (χ2n) is 7.00. The second kappa shape index (κ2) is 6.62. The predicted molar refractivity (Wildman–Crippen MR) is 99.3 cm³/mol. The zero-order chi connectivity index (χ0) is 19.2. The number of hydrogen-bond donors (Lipinski definition) is 0. The maximum atomic E-state index is 12.9. The normalized spacial score (nSPS) is 19.0. The van der Waals surface area contributed by atoms with E-state index < -0.39 is 20.4 Å². The van der Waals surface area contributed by atoms with Crippen molar-refractivity contribution in [3.05, 3.63) is 45.0 Å². The van der Waals surface area contributed by atoms with E-state index in [9.17, 15) is 18.5 Å². The Morgan fingerprint density at radius 1 is 1.32 bits per heavy atom. The zero-order valence-corrected chi connectivity index (χ0v) is 16.8. The maximum Gasteiger partial charge on any atom is 0.270 e. The minimum absolute atomic E-state index is 0.0833. The molecule has 1 unspecified atom stereocenters. The first-order chi connectivity index (χ1) is 11.4. The Morgan fingerprint density at radius 3 is 2.40 bits per heavy atom. The number of thioether (sulfide) groups is 1. The molecule has 0 N–H and O–H groups in total. The van der Waals surface area contributed by atoms with Crippen LogP contribution in [0, 0.1) is 15.5 Å². The van der Waals surface area contributed by atoms with E-state index in [2.05, 4.69) is 20.8 Å². The highest BCUT2D eigenvalue weighted by molar-refractivity contribution is 8.04. The number of non-ortho nitro benzene ring substituents is 1. The summed E-state index contributed by atoms with van der Waals surface area (Å²) in [5.41, 5.74) is 0.266. The van der Waals surface area contributed by atoms with Gasteiger partial charge in [0.1, 0.15) is 5.50 Å². The summed E-state index contributed by atoms with van der Waals surface area (Å²) in [5, 5.41) is 10.9. The van der Waals surface area contributed by atoms with Gasteiger partial charge in [-0.25, -0.2) is 8.42 Å². The lowest BCUT2D eigenvalue weighted by Crippen LogP contribution is -2.42. The molecule has 0 saturated heterocycles. The lowest BCUT2D eigenvalue weighted by molar-refractivity contribution is -0.385. The first kappa shape index (κ1) is 19.7. The molecule has 1 aliphatic heterocycles. The van der Waals surface area contributed by atoms with Gasteiger partial charge in [0.15, 0.2) is 0 Å². The van der Waals surface area contributed by atoms with Crippen molar-refractivity contribution >= 4 is 27.5 Å². The molecular weight excluding hydrogens is 362 g/mol. The van der Waals surface area contributed by atoms with Gasteiger partial charge in [0.2, 0.25) is 10.0 Å². The maximum absolute atomic E-state index is 12.9. The third-order valence-electron chi connectivity index (χ3n) is 4.11. The van der Waals surface area contributed by atoms with E-state index in [1.54, 1.807) is 0 Å². The van der Waals surface area contributed by atoms with Gasteiger partial charge < -0.3 is 4.90 Å². The fourth-order valence-electron chi connectivity index (χ4n) is 2.68. The van der Waals surface area contributed by atoms with Crippen LogP contribution in [0.2, 0.25) is 0 Å². The van der Waals surface area contributed by atoms with Crippen molar-refractivity contribution in [2.45, 2.75) is 38.1 Å². The van der Waals surface area contributed by atoms with Crippen LogP contribution in [0.15, 0.2) is 39.8 Å². The van der Waals surface area contributed by atoms with Crippen molar-refractivity contribution in [2.24, 2.45) is 5.41 Å². The van der Waals surface area contributed by atoms with Crippen LogP contribution in [0.5, 0.6) is 0 Å². The Hall–Kier alpha value is -1.58. The van der Waals surface area contributed by atoms with E-state index in [1.807, 2.05) is 18.9 Å². The van der Waals surface area contributed by atoms with Crippen molar-refractivity contribution in [1.29, 1.82) is 0 Å². The van der Waals surface area contributed by atoms with E-state index >= 15 is 0 Å². The van der Waals surface area contributed by atoms with Gasteiger partial charge in [-0.3, -0.25) is 10.1 Å². The Balaban J connectivity index is 2.36. The SMILES string of the molecule is CC1=C(C(C)(C)C)SC(N(C)S(=O)(=O)c2cccc([N+](=O)[O-])c2)N1C. The monoisotopic (exact) mass is 385 g/mol. The lowest BCUT2D eigenvalue weighted by atomic mass is 9.95. The Bertz CT molecular complexity index is 828. The molecular formula is C16H23N3O4S2. The van der Waals surface area contributed by atoms with Crippen molar-refractivity contribution in [2.75, 3.05) is 14.1 Å². The molecule has 138 valence electrons. The standard InChI is InChI=1S/C16H23N3O4S2/c1-11-14(16(2,3)4)24-15(17(11)5)18(6)25(22,23)13-9-7-8-12(10-13)19(20)21/h7-10,15H,1-6H3. The third-order valence-corrected chi connectivity index (χ3v) is 8.04. The number of benzene rings is 1. The molecule has 1 aromatic rings. The molecule has 0 aromatic heterocycles. The number of rotatable bonds is 4. The molecule has 0 fully saturated rings. The van der Waals surface area contributed by atoms with Crippen LogP contribution in [0.3, 0.4) is 0 Å². The van der Waals surface area contributed by atoms with Crippen molar-refractivity contribution in [3.63, 3.8) is 0 Å². The van der Waals surface area contributed by atoms with E-state index in [0.717, 1.165) is 16.7 Å². The minimum atomic E-state index is -3.86. The number of sulfonamides is 1. The highest BCUT2D eigenvalue weighted by atomic mass is 32.2. The molecule has 0 bridgehead atoms. The van der Waals surface area contributed by atoms with E-state index in [4.69, 9.17) is 0 Å². The second-order valence-corrected chi connectivity index (χ2v) is 10.1. The van der Waals surface area contributed by atoms with Gasteiger partial charge in [-0.15, -0.1) is 0 Å². The molecule has 0 radical (unpaired) electrons. The van der Waals surface area contributed by atoms with Crippen LogP contribution in [-0.2, 0) is 10.0 Å². The molecule has 0 saturated carbocycles. The summed E-state index contributed by atoms with van der Waals surface area (Å²) >= 11 is 1.49. The molecule has 1 atom stereocenters. The summed E-state index contributed by atoms with van der Waals surface area (Å²) in [4.78, 5) is 13.3. The molecule has 1 aliphatic rings. The number of nitrogens with zero attached hydrogens (tertiary/aromatic N) is 3. The van der Waals surface area contributed by atoms with Crippen LogP contribution in [0.1, 0.15) is 27.7 Å². The topological polar surface area (TPSA) is 83.8 Å². The smallest absolute Gasteiger partial charge is 0.270 e. The van der Waals surface area contributed by atoms with Crippen molar-refractivity contribution in [3.8, 4) is 0 Å². The average Bonchev–Trinajstić information content (AvgIpc) is 2.82. The molecule has 0 spiro atoms. The summed E-state index contributed by atoms with van der Waals surface area (Å²) in [5.74, 6) is 0. The largest absolute Gasteiger partial charge is 0.352 e. The van der Waals surface area contributed by atoms with Gasteiger partial charge in [-0.2, -0.15) is 4.31 Å². The highest BCUT2D eigenvalue weighted by Crippen LogP contribution is 2.47. The minimum Gasteiger partial charge on any atom is -0.352 e. The first-order valence-electron chi connectivity index (χ1n) is 7.70. The van der Waals surface area contributed by atoms with E-state index in [-0.39, 0.29) is 16.0 Å². The van der Waals surface area contributed by atoms with Crippen LogP contribution < -0.4 is 0 Å². The molecule has 2 rings (SSSR count). The molecule has 9 heteroatoms. The van der Waals surface area contributed by atoms with Gasteiger partial charge in [-0.1, -0.05) is 38.6 Å². The predicted octanol–water partition coefficient (Wildman–Crippen LogP) is 3.46. The lowest BCUT2D eigenvalue weighted by Gasteiger charge is -2.30. The van der Waals surface area contributed by atoms with E-state index in [0.29, 0.717) is 0 Å². The summed E-state index contributed by atoms with van der Waals surface area (Å²) in [6.07, 6.45) is 0. The molecule has 1 aromatic carbocycles. The number of allylic oxidation sites excluding steroid dienone is 2. The first-order valence-corrected chi connectivity index (χ1v) is 10.0. The van der Waals surface area contributed by atoms with Crippen LogP contribution in [-0.4, -0.2) is 42.1 Å². The Morgan fingerprint density at radius 2 is 1.92 bits per heavy atom. The fraction of sp³-hybridized carbons (Fsp3) is 0.500. The summed E-state index contributed by atoms with van der Waals surface area (Å²) in [7, 11) is -0.510. The van der Waals surface area contributed by atoms with Gasteiger partial charge in [0, 0.05) is 36.8 Å². The highest BCUT2D eigenvalue weighted by Gasteiger charge is 2.40. The van der Waals surface area contributed by atoms with Crippen molar-refractivity contribution in [1.82, 2.24) is 9.21 Å². The molecule has 0 amide bonds. The third kappa shape index (κ3) is 3.68. The number of nitro benzene ring substituents is 1. The van der Waals surface area contributed by atoms with Crippen LogP contribution in [0.4, 0.5) is 5.69 Å². The zero-order valence-electron chi connectivity index (χ0n) is 15.2. The van der Waals surface area contributed by atoms with Crippen molar-refractivity contribution < 1.29 is 13.3 Å². The number of hydrogen-bond acceptors (Lipinski definition) is 6. The Kier molecular flexibility index (Phi) is 5.23. The summed E-state index contributed by atoms with van der Waals surface area (Å²) in [6, 6.07) is 5.13. The average molecular weight is 386 g/mol. The fourth-order valence-corrected chi connectivity index (χ4v) is 5.72. The van der Waals surface area contributed by atoms with E-state index in [1.165, 1.54) is 41.3 Å². The molecule has 7 nitrogen and oxygen atoms in total. The quantitative estimate of drug-likeness (QED) is 0.583. The van der Waals surface area contributed by atoms with Crippen LogP contribution in [0.25, 0.3) is 0 Å². The molecule has 25 heavy (non-hydrogen) atoms. The van der Waals surface area contributed by atoms with Gasteiger partial charge >= 0.3 is 0 Å². The van der Waals surface area contributed by atoms with Gasteiger partial charge in [0.25, 0.3) is 5.69 Å². The Labute approximate surface area is 152 Å². The summed E-state index contributed by atoms with van der Waals surface area (Å²) in [6.45, 7) is 8.24. The molecule has 0 aliphatic carbocycles. The molecule has 1 heterocycles. The van der Waals surface area contributed by atoms with Gasteiger partial charge in [0.05, 0.1) is 9.82 Å². The van der Waals surface area contributed by atoms with Crippen LogP contribution >= 0.6 is 11.8 Å². The van der Waals surface area contributed by atoms with Gasteiger partial charge in [-0.05, 0) is 18.4 Å². The summed E-state index contributed by atoms with van der Waals surface area (Å²) < 4.78 is 27.2.